The fourth-order valence-electron chi connectivity index (χ4n) is 4.23. The molecule has 2 aliphatic heterocycles. The molecule has 2 aliphatic rings. The molecule has 2 atom stereocenters. The molecular weight excluding hydrogens is 479 g/mol. The van der Waals surface area contributed by atoms with Crippen molar-refractivity contribution in [1.82, 2.24) is 29.4 Å². The molecule has 0 aromatic carbocycles. The normalized spacial score (nSPS) is 21.5. The van der Waals surface area contributed by atoms with Gasteiger partial charge in [0.1, 0.15) is 10.0 Å². The van der Waals surface area contributed by atoms with E-state index in [2.05, 4.69) is 44.7 Å². The Bertz CT molecular complexity index is 1000. The molecule has 0 spiro atoms. The minimum atomic E-state index is -0.263. The zero-order valence-electron chi connectivity index (χ0n) is 20.2. The maximum atomic E-state index is 11.6. The second-order valence-electron chi connectivity index (χ2n) is 9.09. The number of likely N-dealkylation sites (tertiary alicyclic amines) is 2. The number of nitrogens with zero attached hydrogens (tertiary/aromatic N) is 6. The van der Waals surface area contributed by atoms with E-state index in [1.54, 1.807) is 26.5 Å². The Labute approximate surface area is 209 Å². The second kappa shape index (κ2) is 12.0. The Morgan fingerprint density at radius 1 is 0.765 bits per heavy atom. The fraction of sp³-hybridized carbons (Fsp3) is 0.636. The zero-order chi connectivity index (χ0) is 24.8. The minimum Gasteiger partial charge on any atom is -0.378 e. The lowest BCUT2D eigenvalue weighted by Crippen LogP contribution is -2.40. The van der Waals surface area contributed by atoms with E-state index in [0.29, 0.717) is 23.5 Å². The first-order valence-corrected chi connectivity index (χ1v) is 12.2. The molecule has 2 fully saturated rings. The molecule has 0 aliphatic carbocycles. The third-order valence-corrected chi connectivity index (χ3v) is 6.86. The van der Waals surface area contributed by atoms with E-state index in [9.17, 15) is 9.59 Å². The van der Waals surface area contributed by atoms with Gasteiger partial charge in [-0.1, -0.05) is 23.2 Å². The first-order valence-electron chi connectivity index (χ1n) is 11.5. The van der Waals surface area contributed by atoms with Crippen molar-refractivity contribution >= 4 is 34.6 Å². The number of aromatic nitrogens is 4. The fourth-order valence-corrected chi connectivity index (χ4v) is 4.68. The summed E-state index contributed by atoms with van der Waals surface area (Å²) in [4.78, 5) is 27.8. The number of halogens is 2. The van der Waals surface area contributed by atoms with Crippen molar-refractivity contribution in [2.75, 3.05) is 50.9 Å². The first-order chi connectivity index (χ1) is 16.2. The number of anilines is 2. The van der Waals surface area contributed by atoms with Crippen LogP contribution in [-0.2, 0) is 14.1 Å². The summed E-state index contributed by atoms with van der Waals surface area (Å²) >= 11 is 12.0. The lowest BCUT2D eigenvalue weighted by atomic mass is 10.1. The summed E-state index contributed by atoms with van der Waals surface area (Å²) in [6, 6.07) is 0.667. The van der Waals surface area contributed by atoms with Crippen LogP contribution >= 0.6 is 23.2 Å². The molecule has 10 nitrogen and oxygen atoms in total. The van der Waals surface area contributed by atoms with E-state index in [0.717, 1.165) is 51.9 Å². The first kappa shape index (κ1) is 26.5. The smallest absolute Gasteiger partial charge is 0.287 e. The van der Waals surface area contributed by atoms with Crippen molar-refractivity contribution in [2.24, 2.45) is 14.1 Å². The summed E-state index contributed by atoms with van der Waals surface area (Å²) in [5.74, 6) is 0. The summed E-state index contributed by atoms with van der Waals surface area (Å²) in [7, 11) is 7.37. The van der Waals surface area contributed by atoms with Crippen LogP contribution in [0.1, 0.15) is 25.7 Å². The monoisotopic (exact) mass is 512 g/mol. The van der Waals surface area contributed by atoms with Gasteiger partial charge in [0.05, 0.1) is 23.8 Å². The van der Waals surface area contributed by atoms with Crippen LogP contribution < -0.4 is 21.8 Å². The van der Waals surface area contributed by atoms with Gasteiger partial charge in [0.25, 0.3) is 11.1 Å². The van der Waals surface area contributed by atoms with Gasteiger partial charge in [0.2, 0.25) is 0 Å². The predicted octanol–water partition coefficient (Wildman–Crippen LogP) is 1.88. The van der Waals surface area contributed by atoms with Crippen molar-refractivity contribution < 1.29 is 0 Å². The number of likely N-dealkylation sites (N-methyl/N-ethyl adjacent to an activating group) is 2. The van der Waals surface area contributed by atoms with Crippen LogP contribution in [0.15, 0.2) is 22.0 Å². The van der Waals surface area contributed by atoms with Gasteiger partial charge in [-0.25, -0.2) is 9.36 Å². The zero-order valence-corrected chi connectivity index (χ0v) is 21.7. The summed E-state index contributed by atoms with van der Waals surface area (Å²) in [6.07, 6.45) is 7.72. The lowest BCUT2D eigenvalue weighted by Gasteiger charge is -2.30. The molecule has 4 rings (SSSR count). The molecule has 2 N–H and O–H groups in total. The Morgan fingerprint density at radius 2 is 1.15 bits per heavy atom. The van der Waals surface area contributed by atoms with Crippen molar-refractivity contribution in [3.8, 4) is 0 Å². The van der Waals surface area contributed by atoms with Crippen LogP contribution in [0.3, 0.4) is 0 Å². The maximum Gasteiger partial charge on any atom is 0.287 e. The standard InChI is InChI=1S/2C11H17ClN4O/c2*1-15-5-3-4-8(7-15)14-9-6-13-16(2)11(17)10(9)12/h2*6,8,14H,3-5,7H2,1-2H3/t2*8-/m11/s1. The molecule has 0 saturated carbocycles. The highest BCUT2D eigenvalue weighted by Crippen LogP contribution is 2.20. The van der Waals surface area contributed by atoms with Gasteiger partial charge in [0, 0.05) is 39.3 Å². The van der Waals surface area contributed by atoms with E-state index in [-0.39, 0.29) is 21.2 Å². The minimum absolute atomic E-state index is 0.218. The van der Waals surface area contributed by atoms with Gasteiger partial charge in [0.15, 0.2) is 0 Å². The second-order valence-corrected chi connectivity index (χ2v) is 9.85. The summed E-state index contributed by atoms with van der Waals surface area (Å²) in [5, 5.41) is 15.0. The molecule has 0 bridgehead atoms. The van der Waals surface area contributed by atoms with Crippen molar-refractivity contribution in [2.45, 2.75) is 37.8 Å². The molecule has 12 heteroatoms. The third-order valence-electron chi connectivity index (χ3n) is 6.12. The summed E-state index contributed by atoms with van der Waals surface area (Å²) in [6.45, 7) is 4.18. The number of piperidine rings is 2. The van der Waals surface area contributed by atoms with Crippen LogP contribution in [0.5, 0.6) is 0 Å². The Balaban J connectivity index is 0.000000191. The van der Waals surface area contributed by atoms with Crippen molar-refractivity contribution in [3.05, 3.63) is 43.1 Å². The van der Waals surface area contributed by atoms with E-state index < -0.39 is 0 Å². The molecule has 2 aromatic heterocycles. The van der Waals surface area contributed by atoms with Crippen LogP contribution in [0.4, 0.5) is 11.4 Å². The third kappa shape index (κ3) is 6.94. The molecule has 2 saturated heterocycles. The van der Waals surface area contributed by atoms with Gasteiger partial charge in [-0.05, 0) is 52.9 Å². The van der Waals surface area contributed by atoms with Crippen LogP contribution in [0.2, 0.25) is 10.0 Å². The van der Waals surface area contributed by atoms with Crippen LogP contribution in [0, 0.1) is 0 Å². The topological polar surface area (TPSA) is 100 Å². The highest BCUT2D eigenvalue weighted by Gasteiger charge is 2.20. The van der Waals surface area contributed by atoms with Gasteiger partial charge >= 0.3 is 0 Å². The molecule has 0 radical (unpaired) electrons. The predicted molar refractivity (Wildman–Crippen MR) is 137 cm³/mol. The number of hydrogen-bond acceptors (Lipinski definition) is 8. The number of nitrogens with one attached hydrogen (secondary N) is 2. The molecule has 4 heterocycles. The Morgan fingerprint density at radius 3 is 1.50 bits per heavy atom. The molecule has 0 amide bonds. The average Bonchev–Trinajstić information content (AvgIpc) is 2.80. The van der Waals surface area contributed by atoms with E-state index in [4.69, 9.17) is 23.2 Å². The van der Waals surface area contributed by atoms with E-state index in [1.165, 1.54) is 9.36 Å². The Kier molecular flexibility index (Phi) is 9.35. The molecular formula is C22H34Cl2N8O2. The highest BCUT2D eigenvalue weighted by molar-refractivity contribution is 6.33. The number of rotatable bonds is 4. The number of hydrogen-bond donors (Lipinski definition) is 2. The quantitative estimate of drug-likeness (QED) is 0.640. The molecule has 188 valence electrons. The summed E-state index contributed by atoms with van der Waals surface area (Å²) < 4.78 is 2.47. The summed E-state index contributed by atoms with van der Waals surface area (Å²) in [5.41, 5.74) is 0.742. The van der Waals surface area contributed by atoms with Crippen LogP contribution in [0.25, 0.3) is 0 Å². The van der Waals surface area contributed by atoms with Gasteiger partial charge in [-0.15, -0.1) is 0 Å². The van der Waals surface area contributed by atoms with E-state index >= 15 is 0 Å². The molecule has 34 heavy (non-hydrogen) atoms. The molecule has 2 aromatic rings. The van der Waals surface area contributed by atoms with Gasteiger partial charge < -0.3 is 20.4 Å². The molecule has 0 unspecified atom stereocenters. The maximum absolute atomic E-state index is 11.6. The SMILES string of the molecule is CN1CCC[C@@H](Nc2cnn(C)c(=O)c2Cl)C1.CN1CCC[C@@H](Nc2cnn(C)c(=O)c2Cl)C1. The Hall–Kier alpha value is -2.14. The number of aryl methyl sites for hydroxylation is 2. The van der Waals surface area contributed by atoms with Gasteiger partial charge in [-0.2, -0.15) is 10.2 Å². The van der Waals surface area contributed by atoms with Crippen molar-refractivity contribution in [3.63, 3.8) is 0 Å². The highest BCUT2D eigenvalue weighted by atomic mass is 35.5. The lowest BCUT2D eigenvalue weighted by molar-refractivity contribution is 0.261. The van der Waals surface area contributed by atoms with Crippen molar-refractivity contribution in [1.29, 1.82) is 0 Å². The van der Waals surface area contributed by atoms with E-state index in [1.807, 2.05) is 0 Å². The van der Waals surface area contributed by atoms with Crippen LogP contribution in [-0.4, -0.2) is 81.7 Å². The average molecular weight is 513 g/mol. The largest absolute Gasteiger partial charge is 0.378 e. The van der Waals surface area contributed by atoms with Gasteiger partial charge in [-0.3, -0.25) is 9.59 Å².